The van der Waals surface area contributed by atoms with Crippen molar-refractivity contribution >= 4 is 23.2 Å². The second kappa shape index (κ2) is 6.43. The van der Waals surface area contributed by atoms with Crippen molar-refractivity contribution < 1.29 is 9.53 Å². The summed E-state index contributed by atoms with van der Waals surface area (Å²) in [5, 5.41) is 7.45. The van der Waals surface area contributed by atoms with Crippen LogP contribution in [0.3, 0.4) is 0 Å². The van der Waals surface area contributed by atoms with E-state index in [1.807, 2.05) is 25.1 Å². The predicted molar refractivity (Wildman–Crippen MR) is 78.2 cm³/mol. The molecule has 1 N–H and O–H groups in total. The first-order valence-corrected chi connectivity index (χ1v) is 6.66. The van der Waals surface area contributed by atoms with Crippen LogP contribution in [0.15, 0.2) is 36.7 Å². The molecular formula is C14H16ClN3O2. The molecule has 0 radical (unpaired) electrons. The Kier molecular flexibility index (Phi) is 4.63. The number of benzene rings is 1. The molecule has 2 rings (SSSR count). The molecule has 2 aromatic rings. The normalized spacial score (nSPS) is 11.9. The molecule has 1 amide bonds. The molecule has 1 aromatic carbocycles. The number of amides is 1. The van der Waals surface area contributed by atoms with Crippen LogP contribution >= 0.6 is 11.6 Å². The van der Waals surface area contributed by atoms with Gasteiger partial charge in [-0.1, -0.05) is 24.6 Å². The molecule has 1 atom stereocenters. The summed E-state index contributed by atoms with van der Waals surface area (Å²) in [6.45, 7) is 1.92. The zero-order valence-corrected chi connectivity index (χ0v) is 12.1. The van der Waals surface area contributed by atoms with Gasteiger partial charge in [0.2, 0.25) is 5.91 Å². The number of nitrogens with one attached hydrogen (secondary N) is 1. The number of carbonyl (C=O) groups excluding carboxylic acids is 1. The Bertz CT molecular complexity index is 598. The van der Waals surface area contributed by atoms with Crippen molar-refractivity contribution in [2.24, 2.45) is 0 Å². The van der Waals surface area contributed by atoms with Crippen LogP contribution in [0.2, 0.25) is 5.02 Å². The van der Waals surface area contributed by atoms with Crippen LogP contribution in [0.1, 0.15) is 19.4 Å². The van der Waals surface area contributed by atoms with Crippen molar-refractivity contribution in [1.29, 1.82) is 0 Å². The van der Waals surface area contributed by atoms with Gasteiger partial charge in [-0.05, 0) is 18.6 Å². The van der Waals surface area contributed by atoms with Gasteiger partial charge in [-0.25, -0.2) is 0 Å². The van der Waals surface area contributed by atoms with Gasteiger partial charge in [0.25, 0.3) is 0 Å². The molecule has 1 aromatic heterocycles. The summed E-state index contributed by atoms with van der Waals surface area (Å²) < 4.78 is 6.69. The molecule has 1 heterocycles. The van der Waals surface area contributed by atoms with E-state index in [0.717, 1.165) is 0 Å². The van der Waals surface area contributed by atoms with Crippen molar-refractivity contribution in [3.63, 3.8) is 0 Å². The fourth-order valence-electron chi connectivity index (χ4n) is 1.90. The van der Waals surface area contributed by atoms with Crippen LogP contribution in [0.5, 0.6) is 5.75 Å². The lowest BCUT2D eigenvalue weighted by Gasteiger charge is -2.15. The highest BCUT2D eigenvalue weighted by atomic mass is 35.5. The van der Waals surface area contributed by atoms with Gasteiger partial charge in [-0.15, -0.1) is 0 Å². The molecule has 0 saturated carbocycles. The Labute approximate surface area is 122 Å². The molecule has 20 heavy (non-hydrogen) atoms. The molecule has 0 aliphatic heterocycles. The van der Waals surface area contributed by atoms with Gasteiger partial charge < -0.3 is 10.1 Å². The average molecular weight is 294 g/mol. The maximum atomic E-state index is 12.3. The summed E-state index contributed by atoms with van der Waals surface area (Å²) in [7, 11) is 1.58. The lowest BCUT2D eigenvalue weighted by molar-refractivity contribution is -0.119. The van der Waals surface area contributed by atoms with E-state index >= 15 is 0 Å². The van der Waals surface area contributed by atoms with Gasteiger partial charge in [0.1, 0.15) is 11.8 Å². The Morgan fingerprint density at radius 3 is 2.95 bits per heavy atom. The number of rotatable bonds is 5. The Balaban J connectivity index is 2.13. The summed E-state index contributed by atoms with van der Waals surface area (Å²) >= 11 is 5.83. The van der Waals surface area contributed by atoms with Crippen molar-refractivity contribution in [2.45, 2.75) is 19.4 Å². The minimum atomic E-state index is -0.395. The van der Waals surface area contributed by atoms with Crippen molar-refractivity contribution in [3.8, 4) is 5.75 Å². The highest BCUT2D eigenvalue weighted by Crippen LogP contribution is 2.20. The van der Waals surface area contributed by atoms with Crippen molar-refractivity contribution in [2.75, 3.05) is 12.4 Å². The second-order valence-electron chi connectivity index (χ2n) is 4.28. The molecule has 106 valence electrons. The van der Waals surface area contributed by atoms with E-state index < -0.39 is 6.04 Å². The zero-order valence-electron chi connectivity index (χ0n) is 11.3. The number of methoxy groups -OCH3 is 1. The van der Waals surface area contributed by atoms with E-state index in [9.17, 15) is 4.79 Å². The van der Waals surface area contributed by atoms with Crippen LogP contribution in [0.25, 0.3) is 0 Å². The van der Waals surface area contributed by atoms with Crippen LogP contribution < -0.4 is 10.1 Å². The molecule has 0 fully saturated rings. The molecule has 1 unspecified atom stereocenters. The molecule has 0 bridgehead atoms. The third-order valence-corrected chi connectivity index (χ3v) is 3.11. The minimum Gasteiger partial charge on any atom is -0.497 e. The van der Waals surface area contributed by atoms with E-state index in [-0.39, 0.29) is 5.91 Å². The van der Waals surface area contributed by atoms with E-state index in [4.69, 9.17) is 16.3 Å². The smallest absolute Gasteiger partial charge is 0.249 e. The van der Waals surface area contributed by atoms with Crippen LogP contribution in [-0.2, 0) is 4.79 Å². The summed E-state index contributed by atoms with van der Waals surface area (Å²) in [5.74, 6) is 0.554. The third kappa shape index (κ3) is 3.30. The standard InChI is InChI=1S/C14H16ClN3O2/c1-3-13(18-9-10(15)8-16-18)14(19)17-11-5-4-6-12(7-11)20-2/h4-9,13H,3H2,1-2H3,(H,17,19). The predicted octanol–water partition coefficient (Wildman–Crippen LogP) is 3.13. The third-order valence-electron chi connectivity index (χ3n) is 2.92. The Morgan fingerprint density at radius 1 is 1.55 bits per heavy atom. The van der Waals surface area contributed by atoms with Gasteiger partial charge in [0, 0.05) is 18.0 Å². The molecule has 0 aliphatic carbocycles. The topological polar surface area (TPSA) is 56.1 Å². The largest absolute Gasteiger partial charge is 0.497 e. The first-order valence-electron chi connectivity index (χ1n) is 6.28. The van der Waals surface area contributed by atoms with Crippen molar-refractivity contribution in [1.82, 2.24) is 9.78 Å². The maximum Gasteiger partial charge on any atom is 0.249 e. The van der Waals surface area contributed by atoms with Crippen LogP contribution in [0.4, 0.5) is 5.69 Å². The molecule has 6 heteroatoms. The molecule has 0 saturated heterocycles. The number of ether oxygens (including phenoxy) is 1. The van der Waals surface area contributed by atoms with Gasteiger partial charge in [-0.3, -0.25) is 9.48 Å². The van der Waals surface area contributed by atoms with Gasteiger partial charge >= 0.3 is 0 Å². The molecule has 0 aliphatic rings. The minimum absolute atomic E-state index is 0.138. The molecule has 5 nitrogen and oxygen atoms in total. The number of anilines is 1. The summed E-state index contributed by atoms with van der Waals surface area (Å²) in [6.07, 6.45) is 3.78. The van der Waals surface area contributed by atoms with Crippen LogP contribution in [-0.4, -0.2) is 22.8 Å². The quantitative estimate of drug-likeness (QED) is 0.921. The summed E-state index contributed by atoms with van der Waals surface area (Å²) in [4.78, 5) is 12.3. The second-order valence-corrected chi connectivity index (χ2v) is 4.72. The SMILES string of the molecule is CCC(C(=O)Nc1cccc(OC)c1)n1cc(Cl)cn1. The van der Waals surface area contributed by atoms with E-state index in [1.54, 1.807) is 24.1 Å². The highest BCUT2D eigenvalue weighted by Gasteiger charge is 2.19. The number of hydrogen-bond acceptors (Lipinski definition) is 3. The average Bonchev–Trinajstić information content (AvgIpc) is 2.86. The number of hydrogen-bond donors (Lipinski definition) is 1. The van der Waals surface area contributed by atoms with E-state index in [2.05, 4.69) is 10.4 Å². The first kappa shape index (κ1) is 14.4. The first-order chi connectivity index (χ1) is 9.63. The number of halogens is 1. The summed E-state index contributed by atoms with van der Waals surface area (Å²) in [6, 6.07) is 6.82. The van der Waals surface area contributed by atoms with E-state index in [1.165, 1.54) is 6.20 Å². The zero-order chi connectivity index (χ0) is 14.5. The highest BCUT2D eigenvalue weighted by molar-refractivity contribution is 6.30. The lowest BCUT2D eigenvalue weighted by Crippen LogP contribution is -2.25. The number of aromatic nitrogens is 2. The van der Waals surface area contributed by atoms with E-state index in [0.29, 0.717) is 22.9 Å². The summed E-state index contributed by atoms with van der Waals surface area (Å²) in [5.41, 5.74) is 0.686. The van der Waals surface area contributed by atoms with Gasteiger partial charge in [0.15, 0.2) is 0 Å². The maximum absolute atomic E-state index is 12.3. The monoisotopic (exact) mass is 293 g/mol. The molecule has 0 spiro atoms. The van der Waals surface area contributed by atoms with Crippen molar-refractivity contribution in [3.05, 3.63) is 41.7 Å². The Hall–Kier alpha value is -2.01. The van der Waals surface area contributed by atoms with Gasteiger partial charge in [0.05, 0.1) is 18.3 Å². The molecular weight excluding hydrogens is 278 g/mol. The van der Waals surface area contributed by atoms with Crippen LogP contribution in [0, 0.1) is 0 Å². The number of carbonyl (C=O) groups is 1. The fourth-order valence-corrected chi connectivity index (χ4v) is 2.05. The fraction of sp³-hybridized carbons (Fsp3) is 0.286. The van der Waals surface area contributed by atoms with Gasteiger partial charge in [-0.2, -0.15) is 5.10 Å². The number of nitrogens with zero attached hydrogens (tertiary/aromatic N) is 2. The Morgan fingerprint density at radius 2 is 2.35 bits per heavy atom. The lowest BCUT2D eigenvalue weighted by atomic mass is 10.2.